The van der Waals surface area contributed by atoms with E-state index in [0.717, 1.165) is 11.3 Å². The Kier molecular flexibility index (Phi) is 4.37. The van der Waals surface area contributed by atoms with E-state index in [1.807, 2.05) is 24.3 Å². The number of carbonyl (C=O) groups is 1. The fourth-order valence-corrected chi connectivity index (χ4v) is 1.96. The van der Waals surface area contributed by atoms with Crippen LogP contribution in [0.1, 0.15) is 22.5 Å². The van der Waals surface area contributed by atoms with E-state index in [9.17, 15) is 9.59 Å². The molecule has 6 nitrogen and oxygen atoms in total. The SMILES string of the molecule is COc1ccc(CCC(=O)n2[nH]c(=O)cc2CN)cc1. The van der Waals surface area contributed by atoms with Gasteiger partial charge in [-0.15, -0.1) is 0 Å². The van der Waals surface area contributed by atoms with Gasteiger partial charge in [-0.25, -0.2) is 4.68 Å². The zero-order valence-corrected chi connectivity index (χ0v) is 11.3. The van der Waals surface area contributed by atoms with Crippen LogP contribution in [-0.4, -0.2) is 22.8 Å². The Morgan fingerprint density at radius 3 is 2.65 bits per heavy atom. The summed E-state index contributed by atoms with van der Waals surface area (Å²) in [5, 5.41) is 2.46. The van der Waals surface area contributed by atoms with Crippen LogP contribution in [0.15, 0.2) is 35.1 Å². The van der Waals surface area contributed by atoms with Crippen LogP contribution in [-0.2, 0) is 13.0 Å². The van der Waals surface area contributed by atoms with E-state index in [-0.39, 0.29) is 18.0 Å². The molecule has 0 aliphatic rings. The molecule has 0 atom stereocenters. The third-order valence-corrected chi connectivity index (χ3v) is 3.05. The van der Waals surface area contributed by atoms with Gasteiger partial charge in [0.1, 0.15) is 5.75 Å². The highest BCUT2D eigenvalue weighted by Gasteiger charge is 2.11. The monoisotopic (exact) mass is 275 g/mol. The summed E-state index contributed by atoms with van der Waals surface area (Å²) in [6.07, 6.45) is 0.886. The van der Waals surface area contributed by atoms with Gasteiger partial charge in [0.05, 0.1) is 12.8 Å². The number of carbonyl (C=O) groups excluding carboxylic acids is 1. The van der Waals surface area contributed by atoms with Gasteiger partial charge < -0.3 is 10.5 Å². The lowest BCUT2D eigenvalue weighted by Crippen LogP contribution is -2.19. The summed E-state index contributed by atoms with van der Waals surface area (Å²) >= 11 is 0. The molecule has 0 amide bonds. The minimum absolute atomic E-state index is 0.146. The first-order valence-electron chi connectivity index (χ1n) is 6.31. The molecule has 0 bridgehead atoms. The molecule has 1 heterocycles. The summed E-state index contributed by atoms with van der Waals surface area (Å²) in [5.74, 6) is 0.601. The Bertz CT molecular complexity index is 640. The fraction of sp³-hybridized carbons (Fsp3) is 0.286. The van der Waals surface area contributed by atoms with Crippen molar-refractivity contribution in [2.75, 3.05) is 7.11 Å². The molecule has 3 N–H and O–H groups in total. The van der Waals surface area contributed by atoms with Crippen molar-refractivity contribution in [1.82, 2.24) is 9.78 Å². The van der Waals surface area contributed by atoms with Gasteiger partial charge >= 0.3 is 0 Å². The smallest absolute Gasteiger partial charge is 0.264 e. The van der Waals surface area contributed by atoms with Gasteiger partial charge in [0.2, 0.25) is 5.91 Å². The number of nitrogens with zero attached hydrogens (tertiary/aromatic N) is 1. The maximum absolute atomic E-state index is 12.0. The van der Waals surface area contributed by atoms with Crippen molar-refractivity contribution in [3.8, 4) is 5.75 Å². The second kappa shape index (κ2) is 6.21. The van der Waals surface area contributed by atoms with Crippen molar-refractivity contribution in [3.63, 3.8) is 0 Å². The lowest BCUT2D eigenvalue weighted by Gasteiger charge is -2.06. The highest BCUT2D eigenvalue weighted by molar-refractivity contribution is 5.78. The van der Waals surface area contributed by atoms with Gasteiger partial charge in [-0.05, 0) is 24.1 Å². The van der Waals surface area contributed by atoms with E-state index in [4.69, 9.17) is 10.5 Å². The van der Waals surface area contributed by atoms with Crippen molar-refractivity contribution >= 4 is 5.91 Å². The van der Waals surface area contributed by atoms with E-state index in [0.29, 0.717) is 18.5 Å². The zero-order chi connectivity index (χ0) is 14.5. The van der Waals surface area contributed by atoms with Crippen molar-refractivity contribution in [3.05, 3.63) is 51.9 Å². The number of nitrogens with two attached hydrogens (primary N) is 1. The second-order valence-electron chi connectivity index (χ2n) is 4.39. The molecule has 0 aliphatic heterocycles. The van der Waals surface area contributed by atoms with Crippen LogP contribution in [0, 0.1) is 0 Å². The van der Waals surface area contributed by atoms with Gasteiger partial charge in [0.25, 0.3) is 5.56 Å². The summed E-state index contributed by atoms with van der Waals surface area (Å²) in [6, 6.07) is 8.86. The Hall–Kier alpha value is -2.34. The van der Waals surface area contributed by atoms with Crippen molar-refractivity contribution in [2.45, 2.75) is 19.4 Å². The molecule has 2 rings (SSSR count). The minimum Gasteiger partial charge on any atom is -0.497 e. The van der Waals surface area contributed by atoms with Gasteiger partial charge in [-0.3, -0.25) is 14.7 Å². The number of nitrogens with one attached hydrogen (secondary N) is 1. The highest BCUT2D eigenvalue weighted by atomic mass is 16.5. The molecule has 1 aromatic carbocycles. The van der Waals surface area contributed by atoms with Gasteiger partial charge in [0, 0.05) is 19.0 Å². The number of aromatic amines is 1. The molecule has 0 fully saturated rings. The molecule has 0 saturated heterocycles. The van der Waals surface area contributed by atoms with Gasteiger partial charge in [-0.2, -0.15) is 0 Å². The average molecular weight is 275 g/mol. The maximum Gasteiger partial charge on any atom is 0.264 e. The largest absolute Gasteiger partial charge is 0.497 e. The third kappa shape index (κ3) is 3.16. The lowest BCUT2D eigenvalue weighted by atomic mass is 10.1. The van der Waals surface area contributed by atoms with E-state index in [1.54, 1.807) is 7.11 Å². The number of hydrogen-bond acceptors (Lipinski definition) is 4. The minimum atomic E-state index is -0.316. The number of rotatable bonds is 5. The molecular formula is C14H17N3O3. The normalized spacial score (nSPS) is 10.5. The molecule has 6 heteroatoms. The Morgan fingerprint density at radius 1 is 1.35 bits per heavy atom. The average Bonchev–Trinajstić information content (AvgIpc) is 2.86. The van der Waals surface area contributed by atoms with Crippen molar-refractivity contribution in [1.29, 1.82) is 0 Å². The summed E-state index contributed by atoms with van der Waals surface area (Å²) in [6.45, 7) is 0.146. The predicted octanol–water partition coefficient (Wildman–Crippen LogP) is 0.917. The third-order valence-electron chi connectivity index (χ3n) is 3.05. The summed E-state index contributed by atoms with van der Waals surface area (Å²) in [4.78, 5) is 23.3. The summed E-state index contributed by atoms with van der Waals surface area (Å²) < 4.78 is 6.30. The van der Waals surface area contributed by atoms with Crippen LogP contribution >= 0.6 is 0 Å². The number of hydrogen-bond donors (Lipinski definition) is 2. The molecule has 1 aromatic heterocycles. The number of aryl methyl sites for hydroxylation is 1. The quantitative estimate of drug-likeness (QED) is 0.849. The lowest BCUT2D eigenvalue weighted by molar-refractivity contribution is 0.0883. The highest BCUT2D eigenvalue weighted by Crippen LogP contribution is 2.13. The molecule has 0 unspecified atom stereocenters. The molecule has 106 valence electrons. The van der Waals surface area contributed by atoms with E-state index >= 15 is 0 Å². The zero-order valence-electron chi connectivity index (χ0n) is 11.3. The van der Waals surface area contributed by atoms with Crippen LogP contribution in [0.4, 0.5) is 0 Å². The molecule has 0 saturated carbocycles. The standard InChI is InChI=1S/C14H17N3O3/c1-20-12-5-2-10(3-6-12)4-7-14(19)17-11(9-15)8-13(18)16-17/h2-3,5-6,8H,4,7,9,15H2,1H3,(H,16,18). The topological polar surface area (TPSA) is 90.1 Å². The summed E-state index contributed by atoms with van der Waals surface area (Å²) in [7, 11) is 1.61. The van der Waals surface area contributed by atoms with Gasteiger partial charge in [-0.1, -0.05) is 12.1 Å². The second-order valence-corrected chi connectivity index (χ2v) is 4.39. The molecule has 2 aromatic rings. The Morgan fingerprint density at radius 2 is 2.05 bits per heavy atom. The first-order chi connectivity index (χ1) is 9.63. The summed E-state index contributed by atoms with van der Waals surface area (Å²) in [5.41, 5.74) is 6.70. The fourth-order valence-electron chi connectivity index (χ4n) is 1.96. The van der Waals surface area contributed by atoms with Gasteiger partial charge in [0.15, 0.2) is 0 Å². The first kappa shape index (κ1) is 14.1. The predicted molar refractivity (Wildman–Crippen MR) is 74.9 cm³/mol. The first-order valence-corrected chi connectivity index (χ1v) is 6.31. The van der Waals surface area contributed by atoms with E-state index in [2.05, 4.69) is 5.10 Å². The van der Waals surface area contributed by atoms with Crippen LogP contribution in [0.5, 0.6) is 5.75 Å². The number of methoxy groups -OCH3 is 1. The van der Waals surface area contributed by atoms with E-state index < -0.39 is 0 Å². The molecule has 20 heavy (non-hydrogen) atoms. The van der Waals surface area contributed by atoms with Crippen molar-refractivity contribution < 1.29 is 9.53 Å². The van der Waals surface area contributed by atoms with Crippen LogP contribution in [0.3, 0.4) is 0 Å². The van der Waals surface area contributed by atoms with Crippen LogP contribution in [0.2, 0.25) is 0 Å². The molecular weight excluding hydrogens is 258 g/mol. The molecule has 0 radical (unpaired) electrons. The van der Waals surface area contributed by atoms with E-state index in [1.165, 1.54) is 10.7 Å². The number of benzene rings is 1. The maximum atomic E-state index is 12.0. The number of ether oxygens (including phenoxy) is 1. The van der Waals surface area contributed by atoms with Crippen LogP contribution in [0.25, 0.3) is 0 Å². The molecule has 0 spiro atoms. The van der Waals surface area contributed by atoms with Crippen molar-refractivity contribution in [2.24, 2.45) is 5.73 Å². The van der Waals surface area contributed by atoms with Crippen LogP contribution < -0.4 is 16.0 Å². The number of H-pyrrole nitrogens is 1. The Labute approximate surface area is 116 Å². The number of aromatic nitrogens is 2. The Balaban J connectivity index is 2.02. The molecule has 0 aliphatic carbocycles.